The van der Waals surface area contributed by atoms with E-state index in [1.54, 1.807) is 14.2 Å². The summed E-state index contributed by atoms with van der Waals surface area (Å²) in [5.74, 6) is 0.627. The summed E-state index contributed by atoms with van der Waals surface area (Å²) in [5.41, 5.74) is -0.673. The molecule has 6 atom stereocenters. The number of ether oxygens (including phenoxy) is 3. The molecule has 0 amide bonds. The number of rotatable bonds is 5. The lowest BCUT2D eigenvalue weighted by Gasteiger charge is -2.62. The molecule has 4 fully saturated rings. The minimum absolute atomic E-state index is 0.0366. The molecule has 2 saturated heterocycles. The molecule has 1 aromatic carbocycles. The van der Waals surface area contributed by atoms with E-state index < -0.39 is 11.2 Å². The number of hydrogen-bond donors (Lipinski definition) is 1. The quantitative estimate of drug-likeness (QED) is 0.661. The van der Waals surface area contributed by atoms with Gasteiger partial charge in [0.2, 0.25) is 0 Å². The summed E-state index contributed by atoms with van der Waals surface area (Å²) < 4.78 is 17.3. The van der Waals surface area contributed by atoms with Crippen LogP contribution in [0.15, 0.2) is 24.3 Å². The molecule has 0 bridgehead atoms. The summed E-state index contributed by atoms with van der Waals surface area (Å²) in [6, 6.07) is 8.18. The van der Waals surface area contributed by atoms with Gasteiger partial charge in [0, 0.05) is 62.9 Å². The highest BCUT2D eigenvalue weighted by Crippen LogP contribution is 2.61. The first-order valence-corrected chi connectivity index (χ1v) is 12.8. The smallest absolute Gasteiger partial charge is 0.310 e. The molecule has 0 spiro atoms. The molecule has 4 aliphatic rings. The number of aliphatic hydroxyl groups is 1. The number of fused-ring (bicyclic) bond motifs is 2. The number of carbonyl (C=O) groups is 1. The zero-order valence-corrected chi connectivity index (χ0v) is 21.1. The van der Waals surface area contributed by atoms with Crippen LogP contribution in [0.4, 0.5) is 5.69 Å². The maximum atomic E-state index is 13.0. The monoisotopic (exact) mass is 472 g/mol. The van der Waals surface area contributed by atoms with Crippen molar-refractivity contribution in [3.63, 3.8) is 0 Å². The van der Waals surface area contributed by atoms with Crippen molar-refractivity contribution < 1.29 is 24.1 Å². The molecule has 2 saturated carbocycles. The Hall–Kier alpha value is -1.83. The molecule has 7 heteroatoms. The standard InChI is InChI=1S/C27H40N2O5/c1-25-9-6-10-26(2,33-4)27(25,31)16-21-22(24(30)34-23(21)17-25)18-28-11-13-29(14-12-28)19-7-5-8-20(15-19)32-3/h5,7-8,15,21-23,31H,6,9-14,16-18H2,1-4H3/t21-,22-,23+,25+,26+,27+/m0/s1. The van der Waals surface area contributed by atoms with Gasteiger partial charge < -0.3 is 24.2 Å². The van der Waals surface area contributed by atoms with Crippen LogP contribution in [0.3, 0.4) is 0 Å². The largest absolute Gasteiger partial charge is 0.497 e. The second-order valence-corrected chi connectivity index (χ2v) is 11.4. The number of esters is 1. The summed E-state index contributed by atoms with van der Waals surface area (Å²) in [6.07, 6.45) is 4.01. The molecular weight excluding hydrogens is 432 g/mol. The highest BCUT2D eigenvalue weighted by molar-refractivity contribution is 5.75. The van der Waals surface area contributed by atoms with Crippen molar-refractivity contribution in [1.29, 1.82) is 0 Å². The third kappa shape index (κ3) is 3.71. The second-order valence-electron chi connectivity index (χ2n) is 11.4. The van der Waals surface area contributed by atoms with Gasteiger partial charge in [-0.25, -0.2) is 0 Å². The van der Waals surface area contributed by atoms with Crippen LogP contribution >= 0.6 is 0 Å². The van der Waals surface area contributed by atoms with Crippen LogP contribution in [-0.2, 0) is 14.3 Å². The molecule has 7 nitrogen and oxygen atoms in total. The molecule has 5 rings (SSSR count). The van der Waals surface area contributed by atoms with Crippen molar-refractivity contribution in [2.24, 2.45) is 17.3 Å². The molecule has 1 N–H and O–H groups in total. The summed E-state index contributed by atoms with van der Waals surface area (Å²) in [7, 11) is 3.41. The van der Waals surface area contributed by atoms with E-state index in [1.165, 1.54) is 5.69 Å². The number of methoxy groups -OCH3 is 2. The molecule has 188 valence electrons. The van der Waals surface area contributed by atoms with Crippen LogP contribution in [-0.4, -0.2) is 80.2 Å². The molecule has 1 aromatic rings. The fourth-order valence-electron chi connectivity index (χ4n) is 7.37. The van der Waals surface area contributed by atoms with Gasteiger partial charge in [0.15, 0.2) is 0 Å². The van der Waals surface area contributed by atoms with Crippen molar-refractivity contribution in [2.75, 3.05) is 51.8 Å². The van der Waals surface area contributed by atoms with E-state index in [1.807, 2.05) is 12.1 Å². The van der Waals surface area contributed by atoms with E-state index in [9.17, 15) is 9.90 Å². The Balaban J connectivity index is 1.27. The van der Waals surface area contributed by atoms with Gasteiger partial charge in [0.25, 0.3) is 0 Å². The Labute approximate surface area is 203 Å². The third-order valence-corrected chi connectivity index (χ3v) is 9.70. The minimum atomic E-state index is -0.953. The SMILES string of the molecule is COc1cccc(N2CCN(C[C@@H]3C(=O)O[C@@H]4C[C@@]5(C)CCC[C@@](C)(OC)[C@@]5(O)C[C@@H]34)CC2)c1. The number of benzene rings is 1. The number of hydrogen-bond acceptors (Lipinski definition) is 7. The third-order valence-electron chi connectivity index (χ3n) is 9.70. The van der Waals surface area contributed by atoms with Gasteiger partial charge in [-0.2, -0.15) is 0 Å². The van der Waals surface area contributed by atoms with Crippen molar-refractivity contribution in [3.05, 3.63) is 24.3 Å². The van der Waals surface area contributed by atoms with Gasteiger partial charge in [-0.1, -0.05) is 13.0 Å². The summed E-state index contributed by atoms with van der Waals surface area (Å²) >= 11 is 0. The predicted molar refractivity (Wildman–Crippen MR) is 130 cm³/mol. The van der Waals surface area contributed by atoms with Gasteiger partial charge >= 0.3 is 5.97 Å². The summed E-state index contributed by atoms with van der Waals surface area (Å²) in [4.78, 5) is 17.8. The Bertz CT molecular complexity index is 918. The van der Waals surface area contributed by atoms with Crippen molar-refractivity contribution in [2.45, 2.75) is 63.3 Å². The lowest BCUT2D eigenvalue weighted by Crippen LogP contribution is -2.69. The average molecular weight is 473 g/mol. The molecule has 2 aliphatic heterocycles. The van der Waals surface area contributed by atoms with Crippen LogP contribution in [0.2, 0.25) is 0 Å². The maximum absolute atomic E-state index is 13.0. The number of anilines is 1. The van der Waals surface area contributed by atoms with Gasteiger partial charge in [0.05, 0.1) is 24.2 Å². The molecule has 2 aliphatic carbocycles. The molecule has 0 aromatic heterocycles. The Kier molecular flexibility index (Phi) is 6.10. The van der Waals surface area contributed by atoms with E-state index >= 15 is 0 Å². The Morgan fingerprint density at radius 3 is 2.59 bits per heavy atom. The van der Waals surface area contributed by atoms with Crippen LogP contribution in [0.5, 0.6) is 5.75 Å². The molecule has 0 unspecified atom stereocenters. The first-order chi connectivity index (χ1) is 16.2. The van der Waals surface area contributed by atoms with Gasteiger partial charge in [-0.05, 0) is 51.2 Å². The minimum Gasteiger partial charge on any atom is -0.497 e. The highest BCUT2D eigenvalue weighted by atomic mass is 16.6. The van der Waals surface area contributed by atoms with Crippen molar-refractivity contribution in [3.8, 4) is 5.75 Å². The van der Waals surface area contributed by atoms with Crippen LogP contribution < -0.4 is 9.64 Å². The van der Waals surface area contributed by atoms with Crippen LogP contribution in [0, 0.1) is 17.3 Å². The Morgan fingerprint density at radius 1 is 1.12 bits per heavy atom. The molecular formula is C27H40N2O5. The zero-order chi connectivity index (χ0) is 24.1. The van der Waals surface area contributed by atoms with Crippen LogP contribution in [0.25, 0.3) is 0 Å². The molecule has 34 heavy (non-hydrogen) atoms. The fourth-order valence-corrected chi connectivity index (χ4v) is 7.37. The first-order valence-electron chi connectivity index (χ1n) is 12.8. The number of nitrogens with zero attached hydrogens (tertiary/aromatic N) is 2. The highest BCUT2D eigenvalue weighted by Gasteiger charge is 2.67. The van der Waals surface area contributed by atoms with E-state index in [2.05, 4.69) is 35.8 Å². The van der Waals surface area contributed by atoms with E-state index in [4.69, 9.17) is 14.2 Å². The van der Waals surface area contributed by atoms with Gasteiger partial charge in [-0.3, -0.25) is 9.69 Å². The normalized spacial score (nSPS) is 40.4. The van der Waals surface area contributed by atoms with Crippen molar-refractivity contribution >= 4 is 11.7 Å². The van der Waals surface area contributed by atoms with E-state index in [0.29, 0.717) is 13.0 Å². The van der Waals surface area contributed by atoms with Crippen LogP contribution in [0.1, 0.15) is 46.0 Å². The Morgan fingerprint density at radius 2 is 1.88 bits per heavy atom. The molecule has 0 radical (unpaired) electrons. The fraction of sp³-hybridized carbons (Fsp3) is 0.741. The van der Waals surface area contributed by atoms with Gasteiger partial charge in [-0.15, -0.1) is 0 Å². The summed E-state index contributed by atoms with van der Waals surface area (Å²) in [5, 5.41) is 12.1. The number of piperazine rings is 1. The summed E-state index contributed by atoms with van der Waals surface area (Å²) in [6.45, 7) is 8.53. The molecule has 2 heterocycles. The zero-order valence-electron chi connectivity index (χ0n) is 21.1. The topological polar surface area (TPSA) is 71.5 Å². The van der Waals surface area contributed by atoms with Gasteiger partial charge in [0.1, 0.15) is 11.9 Å². The lowest BCUT2D eigenvalue weighted by atomic mass is 9.49. The van der Waals surface area contributed by atoms with E-state index in [0.717, 1.165) is 57.6 Å². The maximum Gasteiger partial charge on any atom is 0.310 e. The second kappa shape index (κ2) is 8.68. The average Bonchev–Trinajstić information content (AvgIpc) is 3.12. The lowest BCUT2D eigenvalue weighted by molar-refractivity contribution is -0.270. The predicted octanol–water partition coefficient (Wildman–Crippen LogP) is 3.10. The van der Waals surface area contributed by atoms with E-state index in [-0.39, 0.29) is 29.3 Å². The van der Waals surface area contributed by atoms with Crippen molar-refractivity contribution in [1.82, 2.24) is 4.90 Å². The first kappa shape index (κ1) is 23.9. The number of carbonyl (C=O) groups excluding carboxylic acids is 1.